The van der Waals surface area contributed by atoms with Crippen LogP contribution in [0, 0.1) is 0 Å². The predicted octanol–water partition coefficient (Wildman–Crippen LogP) is 9.40. The molecule has 0 aliphatic carbocycles. The maximum Gasteiger partial charge on any atom is 0.434 e. The van der Waals surface area contributed by atoms with Crippen molar-refractivity contribution >= 4 is 0 Å². The average molecular weight is 667 g/mol. The van der Waals surface area contributed by atoms with E-state index in [1.807, 2.05) is 0 Å². The lowest BCUT2D eigenvalue weighted by molar-refractivity contribution is -0.142. The Morgan fingerprint density at radius 3 is 1.22 bits per heavy atom. The summed E-state index contributed by atoms with van der Waals surface area (Å²) in [6, 6.07) is 34.3. The van der Waals surface area contributed by atoms with Gasteiger partial charge in [0.05, 0.1) is 17.3 Å². The van der Waals surface area contributed by atoms with Gasteiger partial charge in [-0.15, -0.1) is 0 Å². The van der Waals surface area contributed by atoms with Crippen molar-refractivity contribution in [3.63, 3.8) is 0 Å². The van der Waals surface area contributed by atoms with Crippen molar-refractivity contribution in [1.82, 2.24) is 29.1 Å². The Hall–Kier alpha value is -6.04. The van der Waals surface area contributed by atoms with Crippen LogP contribution in [0.15, 0.2) is 140 Å². The molecule has 3 aromatic carbocycles. The highest BCUT2D eigenvalue weighted by Gasteiger charge is 2.40. The number of hydrogen-bond acceptors (Lipinski definition) is 4. The summed E-state index contributed by atoms with van der Waals surface area (Å²) >= 11 is 0. The third-order valence-corrected chi connectivity index (χ3v) is 7.90. The van der Waals surface area contributed by atoms with Gasteiger partial charge in [0.1, 0.15) is 35.7 Å². The molecule has 0 saturated carbocycles. The van der Waals surface area contributed by atoms with Crippen molar-refractivity contribution < 1.29 is 26.3 Å². The minimum absolute atomic E-state index is 0.0435. The van der Waals surface area contributed by atoms with E-state index < -0.39 is 29.7 Å². The summed E-state index contributed by atoms with van der Waals surface area (Å²) in [5, 5.41) is 0. The molecule has 49 heavy (non-hydrogen) atoms. The maximum atomic E-state index is 14.5. The molecule has 0 atom stereocenters. The summed E-state index contributed by atoms with van der Waals surface area (Å²) in [5.41, 5.74) is -0.569. The van der Waals surface area contributed by atoms with Gasteiger partial charge in [-0.3, -0.25) is 9.13 Å². The van der Waals surface area contributed by atoms with Crippen LogP contribution in [-0.4, -0.2) is 29.1 Å². The van der Waals surface area contributed by atoms with Crippen molar-refractivity contribution in [1.29, 1.82) is 0 Å². The number of aromatic nitrogens is 6. The van der Waals surface area contributed by atoms with Crippen LogP contribution in [0.4, 0.5) is 26.3 Å². The first-order chi connectivity index (χ1) is 23.6. The number of imidazole rings is 2. The number of rotatable bonds is 7. The fourth-order valence-corrected chi connectivity index (χ4v) is 5.81. The molecule has 244 valence electrons. The second-order valence-corrected chi connectivity index (χ2v) is 11.0. The van der Waals surface area contributed by atoms with Gasteiger partial charge in [-0.2, -0.15) is 26.3 Å². The van der Waals surface area contributed by atoms with Gasteiger partial charge in [0, 0.05) is 11.1 Å². The van der Waals surface area contributed by atoms with E-state index in [0.29, 0.717) is 28.1 Å². The van der Waals surface area contributed by atoms with Crippen molar-refractivity contribution in [2.45, 2.75) is 18.3 Å². The van der Waals surface area contributed by atoms with E-state index in [4.69, 9.17) is 0 Å². The molecule has 0 aliphatic heterocycles. The van der Waals surface area contributed by atoms with Crippen LogP contribution in [0.5, 0.6) is 0 Å². The van der Waals surface area contributed by atoms with Crippen molar-refractivity contribution in [3.8, 4) is 34.2 Å². The molecular weight excluding hydrogens is 642 g/mol. The van der Waals surface area contributed by atoms with E-state index in [0.717, 1.165) is 21.8 Å². The third kappa shape index (κ3) is 6.20. The standard InChI is InChI=1S/C37H24F6N6/c38-36(39,40)34-32(25-14-6-2-7-15-25)44-22-48(34)29-20-10-18-27(46-29)31(24-12-4-1-5-13-24)28-19-11-21-30(47-28)49-23-45-33(35(49)37(41,42)43)26-16-8-3-9-17-26/h1-23,31H. The monoisotopic (exact) mass is 666 g/mol. The number of benzene rings is 3. The van der Waals surface area contributed by atoms with Crippen LogP contribution >= 0.6 is 0 Å². The van der Waals surface area contributed by atoms with Crippen LogP contribution in [0.25, 0.3) is 34.2 Å². The Bertz CT molecular complexity index is 2070. The molecule has 0 unspecified atom stereocenters. The van der Waals surface area contributed by atoms with Crippen molar-refractivity contribution in [2.24, 2.45) is 0 Å². The van der Waals surface area contributed by atoms with Gasteiger partial charge in [-0.25, -0.2) is 19.9 Å². The van der Waals surface area contributed by atoms with Crippen molar-refractivity contribution in [3.05, 3.63) is 168 Å². The van der Waals surface area contributed by atoms with Gasteiger partial charge in [0.25, 0.3) is 0 Å². The molecule has 0 aliphatic rings. The Balaban J connectivity index is 1.36. The first-order valence-electron chi connectivity index (χ1n) is 15.0. The Kier molecular flexibility index (Phi) is 8.07. The van der Waals surface area contributed by atoms with Crippen LogP contribution in [0.3, 0.4) is 0 Å². The zero-order chi connectivity index (χ0) is 34.2. The first kappa shape index (κ1) is 31.6. The lowest BCUT2D eigenvalue weighted by atomic mass is 9.91. The SMILES string of the molecule is FC(F)(F)c1c(-c2ccccc2)ncn1-c1cccc(C(c2ccccc2)c2cccc(-n3cnc(-c4ccccc4)c3C(F)(F)F)n2)n1. The Morgan fingerprint density at radius 2 is 0.837 bits per heavy atom. The molecule has 0 saturated heterocycles. The number of pyridine rings is 2. The highest BCUT2D eigenvalue weighted by Crippen LogP contribution is 2.40. The normalized spacial score (nSPS) is 12.1. The summed E-state index contributed by atoms with van der Waals surface area (Å²) in [6.45, 7) is 0. The molecule has 0 radical (unpaired) electrons. The zero-order valence-corrected chi connectivity index (χ0v) is 25.3. The molecule has 7 rings (SSSR count). The molecule has 7 aromatic rings. The lowest BCUT2D eigenvalue weighted by Gasteiger charge is -2.20. The molecule has 12 heteroatoms. The largest absolute Gasteiger partial charge is 0.434 e. The van der Waals surface area contributed by atoms with E-state index in [-0.39, 0.29) is 23.0 Å². The summed E-state index contributed by atoms with van der Waals surface area (Å²) in [4.78, 5) is 17.5. The van der Waals surface area contributed by atoms with Gasteiger partial charge in [-0.1, -0.05) is 103 Å². The smallest absolute Gasteiger partial charge is 0.278 e. The minimum atomic E-state index is -4.77. The van der Waals surface area contributed by atoms with Gasteiger partial charge in [-0.05, 0) is 29.8 Å². The molecule has 0 amide bonds. The van der Waals surface area contributed by atoms with Gasteiger partial charge >= 0.3 is 12.4 Å². The fraction of sp³-hybridized carbons (Fsp3) is 0.0811. The number of alkyl halides is 6. The molecule has 4 aromatic heterocycles. The van der Waals surface area contributed by atoms with Crippen LogP contribution in [-0.2, 0) is 12.4 Å². The molecule has 0 spiro atoms. The van der Waals surface area contributed by atoms with E-state index in [2.05, 4.69) is 19.9 Å². The van der Waals surface area contributed by atoms with Crippen LogP contribution in [0.1, 0.15) is 34.3 Å². The highest BCUT2D eigenvalue weighted by atomic mass is 19.4. The molecule has 4 heterocycles. The summed E-state index contributed by atoms with van der Waals surface area (Å²) in [7, 11) is 0. The van der Waals surface area contributed by atoms with Gasteiger partial charge in [0.15, 0.2) is 11.4 Å². The van der Waals surface area contributed by atoms with E-state index in [1.54, 1.807) is 115 Å². The summed E-state index contributed by atoms with van der Waals surface area (Å²) in [6.07, 6.45) is -7.38. The second-order valence-electron chi connectivity index (χ2n) is 11.0. The molecule has 0 fully saturated rings. The quantitative estimate of drug-likeness (QED) is 0.159. The fourth-order valence-electron chi connectivity index (χ4n) is 5.81. The number of nitrogens with zero attached hydrogens (tertiary/aromatic N) is 6. The lowest BCUT2D eigenvalue weighted by Crippen LogP contribution is -2.16. The van der Waals surface area contributed by atoms with E-state index >= 15 is 0 Å². The molecule has 0 bridgehead atoms. The second kappa shape index (κ2) is 12.5. The number of hydrogen-bond donors (Lipinski definition) is 0. The summed E-state index contributed by atoms with van der Waals surface area (Å²) < 4.78 is 89.1. The maximum absolute atomic E-state index is 14.5. The van der Waals surface area contributed by atoms with Crippen LogP contribution < -0.4 is 0 Å². The van der Waals surface area contributed by atoms with E-state index in [1.165, 1.54) is 12.1 Å². The third-order valence-electron chi connectivity index (χ3n) is 7.90. The van der Waals surface area contributed by atoms with Crippen molar-refractivity contribution in [2.75, 3.05) is 0 Å². The molecule has 6 nitrogen and oxygen atoms in total. The highest BCUT2D eigenvalue weighted by molar-refractivity contribution is 5.64. The Labute approximate surface area is 276 Å². The van der Waals surface area contributed by atoms with Crippen LogP contribution in [0.2, 0.25) is 0 Å². The molecular formula is C37H24F6N6. The summed E-state index contributed by atoms with van der Waals surface area (Å²) in [5.74, 6) is -0.852. The Morgan fingerprint density at radius 1 is 0.449 bits per heavy atom. The predicted molar refractivity (Wildman–Crippen MR) is 171 cm³/mol. The minimum Gasteiger partial charge on any atom is -0.278 e. The topological polar surface area (TPSA) is 61.4 Å². The zero-order valence-electron chi connectivity index (χ0n) is 25.3. The first-order valence-corrected chi connectivity index (χ1v) is 15.0. The number of halogens is 6. The van der Waals surface area contributed by atoms with E-state index in [9.17, 15) is 26.3 Å². The molecule has 0 N–H and O–H groups in total. The van der Waals surface area contributed by atoms with Gasteiger partial charge < -0.3 is 0 Å². The average Bonchev–Trinajstić information content (AvgIpc) is 3.77. The van der Waals surface area contributed by atoms with Gasteiger partial charge in [0.2, 0.25) is 0 Å².